The summed E-state index contributed by atoms with van der Waals surface area (Å²) in [5, 5.41) is 0. The van der Waals surface area contributed by atoms with Crippen LogP contribution in [0.2, 0.25) is 0 Å². The van der Waals surface area contributed by atoms with Crippen LogP contribution >= 0.6 is 11.8 Å². The van der Waals surface area contributed by atoms with E-state index in [0.717, 1.165) is 11.5 Å². The number of hydrogen-bond donors (Lipinski definition) is 1. The molecule has 0 aliphatic carbocycles. The maximum Gasteiger partial charge on any atom is 0.0389 e. The number of rotatable bonds is 5. The average Bonchev–Trinajstić information content (AvgIpc) is 2.42. The Labute approximate surface area is 120 Å². The SMILES string of the molecule is Cc1ccc(C)c(C(N)CSCc2ccccc2)c1. The van der Waals surface area contributed by atoms with Crippen molar-refractivity contribution in [3.8, 4) is 0 Å². The highest BCUT2D eigenvalue weighted by atomic mass is 32.2. The molecule has 19 heavy (non-hydrogen) atoms. The predicted molar refractivity (Wildman–Crippen MR) is 85.4 cm³/mol. The van der Waals surface area contributed by atoms with Gasteiger partial charge in [0.15, 0.2) is 0 Å². The minimum atomic E-state index is 0.119. The number of hydrogen-bond acceptors (Lipinski definition) is 2. The maximum atomic E-state index is 6.31. The van der Waals surface area contributed by atoms with Gasteiger partial charge in [-0.15, -0.1) is 0 Å². The van der Waals surface area contributed by atoms with Gasteiger partial charge in [0.1, 0.15) is 0 Å². The van der Waals surface area contributed by atoms with Crippen molar-refractivity contribution in [2.75, 3.05) is 5.75 Å². The Morgan fingerprint density at radius 3 is 2.53 bits per heavy atom. The van der Waals surface area contributed by atoms with Crippen molar-refractivity contribution >= 4 is 11.8 Å². The van der Waals surface area contributed by atoms with Crippen LogP contribution < -0.4 is 5.73 Å². The van der Waals surface area contributed by atoms with Crippen LogP contribution in [0, 0.1) is 13.8 Å². The van der Waals surface area contributed by atoms with E-state index < -0.39 is 0 Å². The number of aryl methyl sites for hydroxylation is 2. The largest absolute Gasteiger partial charge is 0.323 e. The molecule has 2 aromatic rings. The van der Waals surface area contributed by atoms with Crippen LogP contribution in [-0.4, -0.2) is 5.75 Å². The van der Waals surface area contributed by atoms with Crippen molar-refractivity contribution in [1.82, 2.24) is 0 Å². The normalized spacial score (nSPS) is 12.4. The molecule has 0 saturated carbocycles. The van der Waals surface area contributed by atoms with E-state index in [2.05, 4.69) is 62.4 Å². The molecule has 2 N–H and O–H groups in total. The van der Waals surface area contributed by atoms with Gasteiger partial charge in [0.2, 0.25) is 0 Å². The maximum absolute atomic E-state index is 6.31. The van der Waals surface area contributed by atoms with Gasteiger partial charge in [-0.2, -0.15) is 11.8 Å². The lowest BCUT2D eigenvalue weighted by Gasteiger charge is -2.15. The highest BCUT2D eigenvalue weighted by Crippen LogP contribution is 2.22. The smallest absolute Gasteiger partial charge is 0.0389 e. The molecular formula is C17H21NS. The Morgan fingerprint density at radius 1 is 1.05 bits per heavy atom. The second-order valence-corrected chi connectivity index (χ2v) is 6.00. The summed E-state index contributed by atoms with van der Waals surface area (Å²) in [6, 6.07) is 17.2. The molecule has 2 heteroatoms. The molecule has 100 valence electrons. The molecule has 2 rings (SSSR count). The molecule has 0 aliphatic rings. The van der Waals surface area contributed by atoms with Crippen LogP contribution in [0.4, 0.5) is 0 Å². The van der Waals surface area contributed by atoms with Gasteiger partial charge in [0.25, 0.3) is 0 Å². The summed E-state index contributed by atoms with van der Waals surface area (Å²) in [5.74, 6) is 1.98. The Bertz CT molecular complexity index is 522. The van der Waals surface area contributed by atoms with Crippen molar-refractivity contribution in [1.29, 1.82) is 0 Å². The Morgan fingerprint density at radius 2 is 1.79 bits per heavy atom. The third-order valence-electron chi connectivity index (χ3n) is 3.24. The summed E-state index contributed by atoms with van der Waals surface area (Å²) in [6.45, 7) is 4.25. The summed E-state index contributed by atoms with van der Waals surface area (Å²) in [4.78, 5) is 0. The molecule has 0 spiro atoms. The number of benzene rings is 2. The lowest BCUT2D eigenvalue weighted by atomic mass is 10.0. The Hall–Kier alpha value is -1.25. The van der Waals surface area contributed by atoms with Crippen molar-refractivity contribution in [3.63, 3.8) is 0 Å². The van der Waals surface area contributed by atoms with E-state index >= 15 is 0 Å². The van der Waals surface area contributed by atoms with Crippen molar-refractivity contribution in [2.45, 2.75) is 25.6 Å². The van der Waals surface area contributed by atoms with Crippen LogP contribution in [0.1, 0.15) is 28.3 Å². The van der Waals surface area contributed by atoms with Crippen LogP contribution in [0.25, 0.3) is 0 Å². The van der Waals surface area contributed by atoms with Gasteiger partial charge < -0.3 is 5.73 Å². The van der Waals surface area contributed by atoms with E-state index in [1.54, 1.807) is 0 Å². The van der Waals surface area contributed by atoms with E-state index in [-0.39, 0.29) is 6.04 Å². The van der Waals surface area contributed by atoms with Crippen LogP contribution in [-0.2, 0) is 5.75 Å². The zero-order chi connectivity index (χ0) is 13.7. The molecule has 1 atom stereocenters. The number of nitrogens with two attached hydrogens (primary N) is 1. The highest BCUT2D eigenvalue weighted by molar-refractivity contribution is 7.98. The highest BCUT2D eigenvalue weighted by Gasteiger charge is 2.09. The van der Waals surface area contributed by atoms with E-state index in [4.69, 9.17) is 5.73 Å². The quantitative estimate of drug-likeness (QED) is 0.880. The minimum absolute atomic E-state index is 0.119. The van der Waals surface area contributed by atoms with Crippen molar-refractivity contribution in [3.05, 3.63) is 70.8 Å². The van der Waals surface area contributed by atoms with Gasteiger partial charge in [0.05, 0.1) is 0 Å². The zero-order valence-corrected chi connectivity index (χ0v) is 12.4. The van der Waals surface area contributed by atoms with Gasteiger partial charge >= 0.3 is 0 Å². The van der Waals surface area contributed by atoms with Crippen LogP contribution in [0.15, 0.2) is 48.5 Å². The summed E-state index contributed by atoms with van der Waals surface area (Å²) < 4.78 is 0. The molecule has 0 aromatic heterocycles. The molecular weight excluding hydrogens is 250 g/mol. The van der Waals surface area contributed by atoms with Crippen LogP contribution in [0.3, 0.4) is 0 Å². The first kappa shape index (κ1) is 14.2. The average molecular weight is 271 g/mol. The van der Waals surface area contributed by atoms with Crippen molar-refractivity contribution < 1.29 is 0 Å². The second kappa shape index (κ2) is 6.78. The molecule has 1 nitrogen and oxygen atoms in total. The number of thioether (sulfide) groups is 1. The van der Waals surface area contributed by atoms with Crippen molar-refractivity contribution in [2.24, 2.45) is 5.73 Å². The molecule has 0 saturated heterocycles. The second-order valence-electron chi connectivity index (χ2n) is 4.97. The van der Waals surface area contributed by atoms with Crippen LogP contribution in [0.5, 0.6) is 0 Å². The monoisotopic (exact) mass is 271 g/mol. The molecule has 0 bridgehead atoms. The van der Waals surface area contributed by atoms with E-state index in [0.29, 0.717) is 0 Å². The van der Waals surface area contributed by atoms with Gasteiger partial charge in [0, 0.05) is 17.5 Å². The van der Waals surface area contributed by atoms with Gasteiger partial charge in [-0.3, -0.25) is 0 Å². The fraction of sp³-hybridized carbons (Fsp3) is 0.294. The molecule has 1 unspecified atom stereocenters. The minimum Gasteiger partial charge on any atom is -0.323 e. The molecule has 0 aliphatic heterocycles. The lowest BCUT2D eigenvalue weighted by Crippen LogP contribution is -2.14. The predicted octanol–water partition coefficient (Wildman–Crippen LogP) is 4.24. The molecule has 0 radical (unpaired) electrons. The van der Waals surface area contributed by atoms with Gasteiger partial charge in [-0.05, 0) is 30.5 Å². The summed E-state index contributed by atoms with van der Waals surface area (Å²) >= 11 is 1.90. The fourth-order valence-corrected chi connectivity index (χ4v) is 3.11. The Balaban J connectivity index is 1.91. The molecule has 0 amide bonds. The third-order valence-corrected chi connectivity index (χ3v) is 4.38. The van der Waals surface area contributed by atoms with E-state index in [1.807, 2.05) is 11.8 Å². The summed E-state index contributed by atoms with van der Waals surface area (Å²) in [6.07, 6.45) is 0. The summed E-state index contributed by atoms with van der Waals surface area (Å²) in [7, 11) is 0. The first-order chi connectivity index (χ1) is 9.16. The molecule has 0 fully saturated rings. The topological polar surface area (TPSA) is 26.0 Å². The fourth-order valence-electron chi connectivity index (χ4n) is 2.13. The molecule has 0 heterocycles. The standard InChI is InChI=1S/C17H21NS/c1-13-8-9-14(2)16(10-13)17(18)12-19-11-15-6-4-3-5-7-15/h3-10,17H,11-12,18H2,1-2H3. The first-order valence-corrected chi connectivity index (χ1v) is 7.76. The van der Waals surface area contributed by atoms with Gasteiger partial charge in [-0.25, -0.2) is 0 Å². The third kappa shape index (κ3) is 4.12. The van der Waals surface area contributed by atoms with E-state index in [9.17, 15) is 0 Å². The summed E-state index contributed by atoms with van der Waals surface area (Å²) in [5.41, 5.74) is 11.5. The van der Waals surface area contributed by atoms with Gasteiger partial charge in [-0.1, -0.05) is 54.1 Å². The lowest BCUT2D eigenvalue weighted by molar-refractivity contribution is 0.821. The zero-order valence-electron chi connectivity index (χ0n) is 11.6. The first-order valence-electron chi connectivity index (χ1n) is 6.61. The van der Waals surface area contributed by atoms with E-state index in [1.165, 1.54) is 22.3 Å². The Kier molecular flexibility index (Phi) is 5.06. The molecule has 2 aromatic carbocycles.